The summed E-state index contributed by atoms with van der Waals surface area (Å²) < 4.78 is 2.95. The highest BCUT2D eigenvalue weighted by Gasteiger charge is 2.16. The van der Waals surface area contributed by atoms with Crippen LogP contribution in [0.25, 0.3) is 11.3 Å². The number of rotatable bonds is 4. The normalized spacial score (nSPS) is 11.0. The van der Waals surface area contributed by atoms with Crippen molar-refractivity contribution in [2.75, 3.05) is 5.32 Å². The molecule has 0 fully saturated rings. The van der Waals surface area contributed by atoms with Crippen molar-refractivity contribution in [3.05, 3.63) is 37.6 Å². The van der Waals surface area contributed by atoms with E-state index in [1.807, 2.05) is 19.2 Å². The number of thiophene rings is 1. The van der Waals surface area contributed by atoms with Gasteiger partial charge < -0.3 is 0 Å². The first-order valence-corrected chi connectivity index (χ1v) is 9.19. The summed E-state index contributed by atoms with van der Waals surface area (Å²) in [5.74, 6) is -0.282. The molecular weight excluding hydrogens is 375 g/mol. The van der Waals surface area contributed by atoms with Crippen LogP contribution in [-0.2, 0) is 6.54 Å². The summed E-state index contributed by atoms with van der Waals surface area (Å²) in [4.78, 5) is 16.6. The monoisotopic (exact) mass is 386 g/mol. The number of nitrogens with zero attached hydrogens (tertiary/aromatic N) is 3. The van der Waals surface area contributed by atoms with E-state index >= 15 is 0 Å². The van der Waals surface area contributed by atoms with Crippen molar-refractivity contribution in [3.63, 3.8) is 0 Å². The number of amides is 1. The second kappa shape index (κ2) is 6.60. The van der Waals surface area contributed by atoms with Crippen LogP contribution < -0.4 is 5.32 Å². The number of hydrogen-bond donors (Lipinski definition) is 1. The number of carbonyl (C=O) groups is 1. The van der Waals surface area contributed by atoms with Gasteiger partial charge in [0.05, 0.1) is 10.0 Å². The molecule has 0 saturated heterocycles. The van der Waals surface area contributed by atoms with E-state index in [-0.39, 0.29) is 5.91 Å². The molecule has 0 aliphatic heterocycles. The van der Waals surface area contributed by atoms with Crippen LogP contribution in [0.2, 0.25) is 8.67 Å². The number of halogens is 2. The Hall–Kier alpha value is -1.41. The number of aromatic nitrogens is 3. The maximum atomic E-state index is 12.2. The highest BCUT2D eigenvalue weighted by atomic mass is 35.5. The zero-order valence-corrected chi connectivity index (χ0v) is 15.4. The Morgan fingerprint density at radius 3 is 2.78 bits per heavy atom. The summed E-state index contributed by atoms with van der Waals surface area (Å²) in [5.41, 5.74) is 2.77. The molecule has 0 atom stereocenters. The van der Waals surface area contributed by atoms with E-state index in [0.717, 1.165) is 17.8 Å². The zero-order valence-electron chi connectivity index (χ0n) is 12.3. The summed E-state index contributed by atoms with van der Waals surface area (Å²) in [5, 5.41) is 9.33. The van der Waals surface area contributed by atoms with Gasteiger partial charge in [0, 0.05) is 23.2 Å². The Balaban J connectivity index is 1.78. The third kappa shape index (κ3) is 3.42. The molecule has 1 N–H and O–H groups in total. The lowest BCUT2D eigenvalue weighted by molar-refractivity contribution is 0.102. The fourth-order valence-electron chi connectivity index (χ4n) is 2.07. The molecule has 3 rings (SSSR count). The molecular formula is C14H12Cl2N4OS2. The van der Waals surface area contributed by atoms with Crippen LogP contribution >= 0.6 is 45.9 Å². The summed E-state index contributed by atoms with van der Waals surface area (Å²) in [6.07, 6.45) is 0. The van der Waals surface area contributed by atoms with E-state index in [0.29, 0.717) is 25.2 Å². The fraction of sp³-hybridized carbons (Fsp3) is 0.214. The van der Waals surface area contributed by atoms with Crippen LogP contribution in [0.15, 0.2) is 17.5 Å². The smallest absolute Gasteiger partial charge is 0.277 e. The summed E-state index contributed by atoms with van der Waals surface area (Å²) in [6.45, 7) is 4.61. The van der Waals surface area contributed by atoms with Gasteiger partial charge in [-0.25, -0.2) is 4.98 Å². The Bertz CT molecular complexity index is 868. The Morgan fingerprint density at radius 2 is 2.17 bits per heavy atom. The number of aryl methyl sites for hydroxylation is 2. The van der Waals surface area contributed by atoms with Crippen LogP contribution in [-0.4, -0.2) is 20.7 Å². The lowest BCUT2D eigenvalue weighted by atomic mass is 10.3. The topological polar surface area (TPSA) is 59.8 Å². The first-order valence-electron chi connectivity index (χ1n) is 6.74. The van der Waals surface area contributed by atoms with E-state index in [1.165, 1.54) is 22.7 Å². The predicted octanol–water partition coefficient (Wildman–Crippen LogP) is 4.96. The first kappa shape index (κ1) is 16.4. The van der Waals surface area contributed by atoms with Crippen LogP contribution in [0.1, 0.15) is 23.1 Å². The van der Waals surface area contributed by atoms with Gasteiger partial charge in [-0.2, -0.15) is 5.10 Å². The third-order valence-electron chi connectivity index (χ3n) is 3.17. The van der Waals surface area contributed by atoms with E-state index in [2.05, 4.69) is 15.4 Å². The summed E-state index contributed by atoms with van der Waals surface area (Å²) in [7, 11) is 0. The third-order valence-corrected chi connectivity index (χ3v) is 5.42. The second-order valence-corrected chi connectivity index (χ2v) is 7.86. The van der Waals surface area contributed by atoms with Crippen molar-refractivity contribution in [3.8, 4) is 11.3 Å². The molecule has 1 amide bonds. The molecule has 23 heavy (non-hydrogen) atoms. The van der Waals surface area contributed by atoms with Crippen LogP contribution in [0.5, 0.6) is 0 Å². The average molecular weight is 387 g/mol. The van der Waals surface area contributed by atoms with Gasteiger partial charge in [-0.1, -0.05) is 23.2 Å². The van der Waals surface area contributed by atoms with Crippen molar-refractivity contribution in [1.82, 2.24) is 14.8 Å². The fourth-order valence-corrected chi connectivity index (χ4v) is 4.26. The number of hydrogen-bond acceptors (Lipinski definition) is 5. The van der Waals surface area contributed by atoms with Crippen molar-refractivity contribution in [2.45, 2.75) is 20.4 Å². The number of thiazole rings is 1. The Labute approximate surface area is 150 Å². The molecule has 3 heterocycles. The highest BCUT2D eigenvalue weighted by molar-refractivity contribution is 7.20. The molecule has 120 valence electrons. The quantitative estimate of drug-likeness (QED) is 0.689. The molecule has 0 spiro atoms. The largest absolute Gasteiger partial charge is 0.296 e. The van der Waals surface area contributed by atoms with Crippen LogP contribution in [0.4, 0.5) is 5.13 Å². The zero-order chi connectivity index (χ0) is 16.6. The van der Waals surface area contributed by atoms with E-state index in [1.54, 1.807) is 16.8 Å². The van der Waals surface area contributed by atoms with Gasteiger partial charge in [-0.3, -0.25) is 14.8 Å². The maximum Gasteiger partial charge on any atom is 0.277 e. The van der Waals surface area contributed by atoms with Gasteiger partial charge in [0.25, 0.3) is 5.91 Å². The maximum absolute atomic E-state index is 12.2. The molecule has 3 aromatic rings. The van der Waals surface area contributed by atoms with Crippen molar-refractivity contribution in [2.24, 2.45) is 0 Å². The molecule has 0 radical (unpaired) electrons. The lowest BCUT2D eigenvalue weighted by Crippen LogP contribution is -2.13. The highest BCUT2D eigenvalue weighted by Crippen LogP contribution is 2.39. The minimum absolute atomic E-state index is 0.282. The first-order chi connectivity index (χ1) is 11.0. The molecule has 0 aliphatic carbocycles. The van der Waals surface area contributed by atoms with Crippen molar-refractivity contribution >= 4 is 56.9 Å². The molecule has 0 aromatic carbocycles. The van der Waals surface area contributed by atoms with E-state index < -0.39 is 0 Å². The SMILES string of the molecule is CCn1nc(C(=O)Nc2nc(-c3cc(Cl)sc3Cl)cs2)cc1C. The second-order valence-electron chi connectivity index (χ2n) is 4.72. The predicted molar refractivity (Wildman–Crippen MR) is 96.0 cm³/mol. The molecule has 9 heteroatoms. The number of nitrogens with one attached hydrogen (secondary N) is 1. The number of anilines is 1. The molecule has 5 nitrogen and oxygen atoms in total. The van der Waals surface area contributed by atoms with Gasteiger partial charge in [0.15, 0.2) is 10.8 Å². The molecule has 0 aliphatic rings. The van der Waals surface area contributed by atoms with E-state index in [4.69, 9.17) is 23.2 Å². The minimum Gasteiger partial charge on any atom is -0.296 e. The Kier molecular flexibility index (Phi) is 4.72. The van der Waals surface area contributed by atoms with Crippen molar-refractivity contribution < 1.29 is 4.79 Å². The average Bonchev–Trinajstić information content (AvgIpc) is 3.18. The van der Waals surface area contributed by atoms with Gasteiger partial charge >= 0.3 is 0 Å². The van der Waals surface area contributed by atoms with E-state index in [9.17, 15) is 4.79 Å². The lowest BCUT2D eigenvalue weighted by Gasteiger charge is -1.98. The Morgan fingerprint density at radius 1 is 1.39 bits per heavy atom. The minimum atomic E-state index is -0.282. The summed E-state index contributed by atoms with van der Waals surface area (Å²) in [6, 6.07) is 3.52. The molecule has 3 aromatic heterocycles. The van der Waals surface area contributed by atoms with Gasteiger partial charge in [-0.05, 0) is 26.0 Å². The van der Waals surface area contributed by atoms with Gasteiger partial charge in [0.1, 0.15) is 4.34 Å². The molecule has 0 saturated carbocycles. The van der Waals surface area contributed by atoms with Crippen LogP contribution in [0.3, 0.4) is 0 Å². The number of carbonyl (C=O) groups excluding carboxylic acids is 1. The van der Waals surface area contributed by atoms with Crippen molar-refractivity contribution in [1.29, 1.82) is 0 Å². The molecule has 0 unspecified atom stereocenters. The molecule has 0 bridgehead atoms. The standard InChI is InChI=1S/C14H12Cl2N4OS2/c1-3-20-7(2)4-9(19-20)13(21)18-14-17-10(6-22-14)8-5-11(15)23-12(8)16/h4-6H,3H2,1-2H3,(H,17,18,21). The van der Waals surface area contributed by atoms with Gasteiger partial charge in [0.2, 0.25) is 0 Å². The van der Waals surface area contributed by atoms with Gasteiger partial charge in [-0.15, -0.1) is 22.7 Å². The van der Waals surface area contributed by atoms with Crippen LogP contribution in [0, 0.1) is 6.92 Å². The summed E-state index contributed by atoms with van der Waals surface area (Å²) >= 11 is 14.7.